The molecule has 3 rings (SSSR count). The highest BCUT2D eigenvalue weighted by Crippen LogP contribution is 2.20. The topological polar surface area (TPSA) is 88.8 Å². The molecule has 152 valence electrons. The zero-order valence-corrected chi connectivity index (χ0v) is 17.4. The summed E-state index contributed by atoms with van der Waals surface area (Å²) in [6.07, 6.45) is 1.64. The number of morpholine rings is 1. The monoisotopic (exact) mass is 424 g/mol. The van der Waals surface area contributed by atoms with Gasteiger partial charge in [-0.25, -0.2) is 8.42 Å². The Balaban J connectivity index is 1.59. The molecule has 2 heterocycles. The number of nitrogens with one attached hydrogen (secondary N) is 1. The summed E-state index contributed by atoms with van der Waals surface area (Å²) < 4.78 is 37.5. The summed E-state index contributed by atoms with van der Waals surface area (Å²) in [5.74, 6) is 2.11. The van der Waals surface area contributed by atoms with Gasteiger partial charge in [0.05, 0.1) is 30.1 Å². The van der Waals surface area contributed by atoms with Gasteiger partial charge in [-0.05, 0) is 36.8 Å². The average molecular weight is 425 g/mol. The lowest BCUT2D eigenvalue weighted by Gasteiger charge is -2.26. The van der Waals surface area contributed by atoms with Crippen LogP contribution in [0.25, 0.3) is 0 Å². The Labute approximate surface area is 169 Å². The number of ether oxygens (including phenoxy) is 1. The molecule has 2 aromatic rings. The number of hydrogen-bond donors (Lipinski definition) is 1. The van der Waals surface area contributed by atoms with E-state index in [0.717, 1.165) is 22.8 Å². The van der Waals surface area contributed by atoms with Gasteiger partial charge in [0.15, 0.2) is 0 Å². The molecule has 28 heavy (non-hydrogen) atoms. The number of aryl methyl sites for hydroxylation is 1. The van der Waals surface area contributed by atoms with Crippen LogP contribution in [0.5, 0.6) is 0 Å². The van der Waals surface area contributed by atoms with Gasteiger partial charge >= 0.3 is 0 Å². The normalized spacial score (nSPS) is 15.5. The smallest absolute Gasteiger partial charge is 0.251 e. The molecule has 1 aliphatic heterocycles. The zero-order chi connectivity index (χ0) is 20.0. The third kappa shape index (κ3) is 5.16. The van der Waals surface area contributed by atoms with E-state index in [2.05, 4.69) is 5.32 Å². The highest BCUT2D eigenvalue weighted by atomic mass is 32.2. The van der Waals surface area contributed by atoms with Crippen molar-refractivity contribution < 1.29 is 22.4 Å². The van der Waals surface area contributed by atoms with Crippen LogP contribution in [-0.2, 0) is 20.5 Å². The molecule has 1 fully saturated rings. The number of amides is 1. The maximum absolute atomic E-state index is 12.8. The fraction of sp³-hybridized carbons (Fsp3) is 0.421. The summed E-state index contributed by atoms with van der Waals surface area (Å²) in [7, 11) is -3.63. The standard InChI is InChI=1S/C19H24N2O5S2/c1-15-4-5-17(28(23,24)21-7-10-25-11-8-21)13-18(15)19(22)20-6-12-27-14-16-3-2-9-26-16/h2-5,9,13H,6-8,10-12,14H2,1H3,(H,20,22). The second kappa shape index (κ2) is 9.60. The molecule has 0 saturated carbocycles. The van der Waals surface area contributed by atoms with Gasteiger partial charge < -0.3 is 14.5 Å². The van der Waals surface area contributed by atoms with Gasteiger partial charge in [-0.2, -0.15) is 16.1 Å². The number of hydrogen-bond acceptors (Lipinski definition) is 6. The molecule has 1 aliphatic rings. The largest absolute Gasteiger partial charge is 0.468 e. The third-order valence-electron chi connectivity index (χ3n) is 4.42. The Morgan fingerprint density at radius 2 is 2.04 bits per heavy atom. The van der Waals surface area contributed by atoms with Crippen LogP contribution in [0.4, 0.5) is 0 Å². The fourth-order valence-corrected chi connectivity index (χ4v) is 5.03. The summed E-state index contributed by atoms with van der Waals surface area (Å²) >= 11 is 1.66. The van der Waals surface area contributed by atoms with Crippen molar-refractivity contribution in [2.75, 3.05) is 38.6 Å². The minimum Gasteiger partial charge on any atom is -0.468 e. The Kier molecular flexibility index (Phi) is 7.17. The van der Waals surface area contributed by atoms with Crippen molar-refractivity contribution >= 4 is 27.7 Å². The average Bonchev–Trinajstić information content (AvgIpc) is 3.22. The van der Waals surface area contributed by atoms with Crippen LogP contribution in [0, 0.1) is 6.92 Å². The summed E-state index contributed by atoms with van der Waals surface area (Å²) in [6, 6.07) is 8.45. The Hall–Kier alpha value is -1.81. The molecule has 1 aromatic heterocycles. The van der Waals surface area contributed by atoms with Crippen LogP contribution in [0.2, 0.25) is 0 Å². The first-order chi connectivity index (χ1) is 13.5. The molecule has 9 heteroatoms. The van der Waals surface area contributed by atoms with E-state index in [1.54, 1.807) is 37.1 Å². The van der Waals surface area contributed by atoms with Crippen molar-refractivity contribution in [3.05, 3.63) is 53.5 Å². The lowest BCUT2D eigenvalue weighted by molar-refractivity contribution is 0.0730. The van der Waals surface area contributed by atoms with Crippen molar-refractivity contribution in [1.29, 1.82) is 0 Å². The van der Waals surface area contributed by atoms with Crippen LogP contribution < -0.4 is 5.32 Å². The maximum atomic E-state index is 12.8. The number of furan rings is 1. The van der Waals surface area contributed by atoms with E-state index in [0.29, 0.717) is 38.4 Å². The number of rotatable bonds is 8. The minimum absolute atomic E-state index is 0.136. The number of sulfonamides is 1. The highest BCUT2D eigenvalue weighted by molar-refractivity contribution is 7.98. The molecule has 0 aliphatic carbocycles. The van der Waals surface area contributed by atoms with Crippen molar-refractivity contribution in [2.45, 2.75) is 17.6 Å². The number of carbonyl (C=O) groups excluding carboxylic acids is 1. The van der Waals surface area contributed by atoms with Crippen LogP contribution in [0.1, 0.15) is 21.7 Å². The van der Waals surface area contributed by atoms with Crippen molar-refractivity contribution in [2.24, 2.45) is 0 Å². The second-order valence-corrected chi connectivity index (χ2v) is 9.42. The van der Waals surface area contributed by atoms with E-state index in [1.165, 1.54) is 10.4 Å². The molecule has 1 N–H and O–H groups in total. The van der Waals surface area contributed by atoms with Gasteiger partial charge in [0.1, 0.15) is 5.76 Å². The number of benzene rings is 1. The van der Waals surface area contributed by atoms with Crippen LogP contribution >= 0.6 is 11.8 Å². The van der Waals surface area contributed by atoms with Crippen molar-refractivity contribution in [1.82, 2.24) is 9.62 Å². The van der Waals surface area contributed by atoms with Gasteiger partial charge in [0.2, 0.25) is 10.0 Å². The van der Waals surface area contributed by atoms with Crippen LogP contribution in [0.15, 0.2) is 45.9 Å². The molecule has 0 spiro atoms. The van der Waals surface area contributed by atoms with E-state index < -0.39 is 10.0 Å². The van der Waals surface area contributed by atoms with Gasteiger partial charge in [-0.3, -0.25) is 4.79 Å². The Morgan fingerprint density at radius 1 is 1.25 bits per heavy atom. The minimum atomic E-state index is -3.63. The molecule has 7 nitrogen and oxygen atoms in total. The predicted octanol–water partition coefficient (Wildman–Crippen LogP) is 2.27. The van der Waals surface area contributed by atoms with Gasteiger partial charge in [-0.15, -0.1) is 0 Å². The van der Waals surface area contributed by atoms with E-state index in [9.17, 15) is 13.2 Å². The first-order valence-electron chi connectivity index (χ1n) is 9.05. The summed E-state index contributed by atoms with van der Waals surface area (Å²) in [5.41, 5.74) is 1.12. The third-order valence-corrected chi connectivity index (χ3v) is 7.29. The molecule has 0 unspecified atom stereocenters. The van der Waals surface area contributed by atoms with E-state index in [1.807, 2.05) is 12.1 Å². The number of thioether (sulfide) groups is 1. The predicted molar refractivity (Wildman–Crippen MR) is 108 cm³/mol. The van der Waals surface area contributed by atoms with Crippen molar-refractivity contribution in [3.63, 3.8) is 0 Å². The lowest BCUT2D eigenvalue weighted by Crippen LogP contribution is -2.40. The maximum Gasteiger partial charge on any atom is 0.251 e. The molecule has 0 atom stereocenters. The second-order valence-electron chi connectivity index (χ2n) is 6.38. The summed E-state index contributed by atoms with van der Waals surface area (Å²) in [4.78, 5) is 12.7. The Bertz CT molecular complexity index is 891. The molecule has 1 saturated heterocycles. The molecule has 0 bridgehead atoms. The SMILES string of the molecule is Cc1ccc(S(=O)(=O)N2CCOCC2)cc1C(=O)NCCSCc1ccco1. The van der Waals surface area contributed by atoms with Crippen molar-refractivity contribution in [3.8, 4) is 0 Å². The fourth-order valence-electron chi connectivity index (χ4n) is 2.84. The van der Waals surface area contributed by atoms with Crippen LogP contribution in [-0.4, -0.2) is 57.2 Å². The zero-order valence-electron chi connectivity index (χ0n) is 15.7. The molecule has 0 radical (unpaired) electrons. The van der Waals surface area contributed by atoms with E-state index in [-0.39, 0.29) is 10.8 Å². The Morgan fingerprint density at radius 3 is 2.75 bits per heavy atom. The van der Waals surface area contributed by atoms with Gasteiger partial charge in [0, 0.05) is 31.0 Å². The molecule has 1 aromatic carbocycles. The van der Waals surface area contributed by atoms with E-state index >= 15 is 0 Å². The molecule has 1 amide bonds. The molecular weight excluding hydrogens is 400 g/mol. The first-order valence-corrected chi connectivity index (χ1v) is 11.6. The highest BCUT2D eigenvalue weighted by Gasteiger charge is 2.27. The summed E-state index contributed by atoms with van der Waals surface area (Å²) in [6.45, 7) is 3.70. The first kappa shape index (κ1) is 20.9. The lowest BCUT2D eigenvalue weighted by atomic mass is 10.1. The van der Waals surface area contributed by atoms with Gasteiger partial charge in [0.25, 0.3) is 5.91 Å². The van der Waals surface area contributed by atoms with Gasteiger partial charge in [-0.1, -0.05) is 6.07 Å². The van der Waals surface area contributed by atoms with Crippen LogP contribution in [0.3, 0.4) is 0 Å². The quantitative estimate of drug-likeness (QED) is 0.654. The number of carbonyl (C=O) groups is 1. The van der Waals surface area contributed by atoms with E-state index in [4.69, 9.17) is 9.15 Å². The summed E-state index contributed by atoms with van der Waals surface area (Å²) in [5, 5.41) is 2.86. The molecular formula is C19H24N2O5S2. The number of nitrogens with zero attached hydrogens (tertiary/aromatic N) is 1.